The number of carbonyl (C=O) groups excluding carboxylic acids is 1. The molecule has 5 heteroatoms. The van der Waals surface area contributed by atoms with Gasteiger partial charge < -0.3 is 0 Å². The zero-order chi connectivity index (χ0) is 12.1. The summed E-state index contributed by atoms with van der Waals surface area (Å²) in [5.41, 5.74) is 3.40. The second-order valence-electron chi connectivity index (χ2n) is 3.47. The Morgan fingerprint density at radius 3 is 2.71 bits per heavy atom. The fraction of sp³-hybridized carbons (Fsp3) is 0.167. The number of hydrazone groups is 1. The molecule has 0 spiro atoms. The Bertz CT molecular complexity index is 501. The van der Waals surface area contributed by atoms with Crippen molar-refractivity contribution in [3.63, 3.8) is 0 Å². The van der Waals surface area contributed by atoms with E-state index in [0.717, 1.165) is 15.5 Å². The summed E-state index contributed by atoms with van der Waals surface area (Å²) < 4.78 is 0. The third-order valence-electron chi connectivity index (χ3n) is 2.14. The Labute approximate surface area is 108 Å². The number of hydrogen-bond acceptors (Lipinski definition) is 4. The van der Waals surface area contributed by atoms with Gasteiger partial charge in [0.2, 0.25) is 5.91 Å². The van der Waals surface area contributed by atoms with Crippen LogP contribution in [-0.2, 0) is 11.2 Å². The zero-order valence-corrected chi connectivity index (χ0v) is 11.0. The molecule has 0 bridgehead atoms. The average Bonchev–Trinajstić information content (AvgIpc) is 2.97. The third kappa shape index (κ3) is 3.51. The lowest BCUT2D eigenvalue weighted by Gasteiger charge is -1.99. The van der Waals surface area contributed by atoms with E-state index in [-0.39, 0.29) is 5.91 Å². The Hall–Kier alpha value is -1.46. The first-order valence-corrected chi connectivity index (χ1v) is 6.91. The van der Waals surface area contributed by atoms with E-state index in [1.807, 2.05) is 41.9 Å². The molecule has 88 valence electrons. The van der Waals surface area contributed by atoms with E-state index in [1.165, 1.54) is 0 Å². The van der Waals surface area contributed by atoms with E-state index in [4.69, 9.17) is 0 Å². The van der Waals surface area contributed by atoms with Crippen molar-refractivity contribution in [1.82, 2.24) is 5.43 Å². The number of nitrogens with one attached hydrogen (secondary N) is 1. The van der Waals surface area contributed by atoms with Gasteiger partial charge in [-0.05, 0) is 29.8 Å². The maximum atomic E-state index is 11.6. The van der Waals surface area contributed by atoms with Crippen LogP contribution in [0.2, 0.25) is 0 Å². The molecule has 3 nitrogen and oxygen atoms in total. The van der Waals surface area contributed by atoms with E-state index in [9.17, 15) is 4.79 Å². The van der Waals surface area contributed by atoms with Crippen molar-refractivity contribution in [3.05, 3.63) is 44.8 Å². The van der Waals surface area contributed by atoms with Crippen LogP contribution in [-0.4, -0.2) is 11.6 Å². The smallest absolute Gasteiger partial charge is 0.245 e. The summed E-state index contributed by atoms with van der Waals surface area (Å²) in [6.07, 6.45) is 0.388. The summed E-state index contributed by atoms with van der Waals surface area (Å²) in [5, 5.41) is 8.03. The highest BCUT2D eigenvalue weighted by atomic mass is 32.1. The van der Waals surface area contributed by atoms with E-state index < -0.39 is 0 Å². The maximum Gasteiger partial charge on any atom is 0.245 e. The van der Waals surface area contributed by atoms with Gasteiger partial charge in [0.1, 0.15) is 0 Å². The molecule has 1 amide bonds. The van der Waals surface area contributed by atoms with E-state index in [0.29, 0.717) is 6.42 Å². The molecular weight excluding hydrogens is 252 g/mol. The van der Waals surface area contributed by atoms with Crippen LogP contribution in [0.1, 0.15) is 16.7 Å². The van der Waals surface area contributed by atoms with Gasteiger partial charge in [-0.25, -0.2) is 5.43 Å². The molecule has 2 rings (SSSR count). The van der Waals surface area contributed by atoms with Crippen molar-refractivity contribution < 1.29 is 4.79 Å². The lowest BCUT2D eigenvalue weighted by molar-refractivity contribution is -0.120. The van der Waals surface area contributed by atoms with Crippen molar-refractivity contribution in [2.45, 2.75) is 13.3 Å². The summed E-state index contributed by atoms with van der Waals surface area (Å²) in [4.78, 5) is 13.7. The fourth-order valence-electron chi connectivity index (χ4n) is 1.30. The average molecular weight is 264 g/mol. The second-order valence-corrected chi connectivity index (χ2v) is 5.45. The molecule has 0 aromatic carbocycles. The van der Waals surface area contributed by atoms with Gasteiger partial charge in [0.15, 0.2) is 0 Å². The first-order valence-electron chi connectivity index (χ1n) is 5.15. The van der Waals surface area contributed by atoms with Crippen molar-refractivity contribution in [2.24, 2.45) is 5.10 Å². The van der Waals surface area contributed by atoms with Crippen LogP contribution >= 0.6 is 22.7 Å². The Balaban J connectivity index is 1.89. The summed E-state index contributed by atoms with van der Waals surface area (Å²) >= 11 is 3.18. The minimum absolute atomic E-state index is 0.0802. The monoisotopic (exact) mass is 264 g/mol. The van der Waals surface area contributed by atoms with Gasteiger partial charge in [-0.15, -0.1) is 22.7 Å². The number of thiophene rings is 2. The highest BCUT2D eigenvalue weighted by Crippen LogP contribution is 2.10. The molecule has 0 aliphatic carbocycles. The largest absolute Gasteiger partial charge is 0.273 e. The summed E-state index contributed by atoms with van der Waals surface area (Å²) in [6.45, 7) is 1.89. The zero-order valence-electron chi connectivity index (χ0n) is 9.34. The molecule has 1 N–H and O–H groups in total. The van der Waals surface area contributed by atoms with Gasteiger partial charge >= 0.3 is 0 Å². The van der Waals surface area contributed by atoms with Crippen LogP contribution in [0.4, 0.5) is 0 Å². The van der Waals surface area contributed by atoms with Gasteiger partial charge in [0.25, 0.3) is 0 Å². The molecule has 2 aromatic rings. The van der Waals surface area contributed by atoms with Gasteiger partial charge in [0, 0.05) is 9.75 Å². The molecule has 0 aliphatic heterocycles. The van der Waals surface area contributed by atoms with Gasteiger partial charge in [0.05, 0.1) is 12.1 Å². The van der Waals surface area contributed by atoms with Crippen LogP contribution in [0.3, 0.4) is 0 Å². The molecule has 0 fully saturated rings. The molecule has 0 saturated carbocycles. The van der Waals surface area contributed by atoms with Crippen LogP contribution in [0.25, 0.3) is 0 Å². The summed E-state index contributed by atoms with van der Waals surface area (Å²) in [7, 11) is 0. The summed E-state index contributed by atoms with van der Waals surface area (Å²) in [6, 6.07) is 7.83. The molecule has 0 aliphatic rings. The number of rotatable bonds is 4. The minimum atomic E-state index is -0.0802. The highest BCUT2D eigenvalue weighted by Gasteiger charge is 2.03. The third-order valence-corrected chi connectivity index (χ3v) is 4.00. The predicted octanol–water partition coefficient (Wildman–Crippen LogP) is 2.89. The molecular formula is C12H12N2OS2. The van der Waals surface area contributed by atoms with Crippen LogP contribution in [0.5, 0.6) is 0 Å². The quantitative estimate of drug-likeness (QED) is 0.669. The van der Waals surface area contributed by atoms with Crippen molar-refractivity contribution >= 4 is 34.3 Å². The standard InChI is InChI=1S/C12H12N2OS2/c1-9(11-5-3-7-17-11)13-14-12(15)8-10-4-2-6-16-10/h2-7H,8H2,1H3,(H,14,15)/b13-9-. The number of nitrogens with zero attached hydrogens (tertiary/aromatic N) is 1. The van der Waals surface area contributed by atoms with Gasteiger partial charge in [-0.2, -0.15) is 5.10 Å². The molecule has 17 heavy (non-hydrogen) atoms. The van der Waals surface area contributed by atoms with E-state index >= 15 is 0 Å². The molecule has 2 heterocycles. The number of carbonyl (C=O) groups is 1. The van der Waals surface area contributed by atoms with Crippen LogP contribution in [0, 0.1) is 0 Å². The first kappa shape index (κ1) is 12.0. The van der Waals surface area contributed by atoms with Gasteiger partial charge in [-0.1, -0.05) is 12.1 Å². The Morgan fingerprint density at radius 2 is 2.06 bits per heavy atom. The van der Waals surface area contributed by atoms with E-state index in [2.05, 4.69) is 10.5 Å². The highest BCUT2D eigenvalue weighted by molar-refractivity contribution is 7.12. The summed E-state index contributed by atoms with van der Waals surface area (Å²) in [5.74, 6) is -0.0802. The number of amides is 1. The Kier molecular flexibility index (Phi) is 4.06. The fourth-order valence-corrected chi connectivity index (χ4v) is 2.68. The molecule has 0 saturated heterocycles. The first-order chi connectivity index (χ1) is 8.25. The second kappa shape index (κ2) is 5.75. The molecule has 0 atom stereocenters. The number of hydrogen-bond donors (Lipinski definition) is 1. The predicted molar refractivity (Wildman–Crippen MR) is 72.7 cm³/mol. The SMILES string of the molecule is C/C(=N/NC(=O)Cc1cccs1)c1cccs1. The van der Waals surface area contributed by atoms with Crippen molar-refractivity contribution in [1.29, 1.82) is 0 Å². The van der Waals surface area contributed by atoms with E-state index in [1.54, 1.807) is 22.7 Å². The van der Waals surface area contributed by atoms with Crippen LogP contribution in [0.15, 0.2) is 40.1 Å². The molecule has 0 radical (unpaired) electrons. The van der Waals surface area contributed by atoms with Crippen molar-refractivity contribution in [2.75, 3.05) is 0 Å². The normalized spacial score (nSPS) is 11.5. The van der Waals surface area contributed by atoms with Crippen LogP contribution < -0.4 is 5.43 Å². The lowest BCUT2D eigenvalue weighted by Crippen LogP contribution is -2.20. The lowest BCUT2D eigenvalue weighted by atomic mass is 10.3. The topological polar surface area (TPSA) is 41.5 Å². The maximum absolute atomic E-state index is 11.6. The molecule has 2 aromatic heterocycles. The van der Waals surface area contributed by atoms with Gasteiger partial charge in [-0.3, -0.25) is 4.79 Å². The Morgan fingerprint density at radius 1 is 1.29 bits per heavy atom. The van der Waals surface area contributed by atoms with Crippen molar-refractivity contribution in [3.8, 4) is 0 Å². The minimum Gasteiger partial charge on any atom is -0.273 e. The molecule has 0 unspecified atom stereocenters.